The monoisotopic (exact) mass is 999 g/mol. The number of ether oxygens (including phenoxy) is 6. The summed E-state index contributed by atoms with van der Waals surface area (Å²) in [5, 5.41) is 14.2. The number of likely N-dealkylation sites (tertiary alicyclic amines) is 1. The van der Waals surface area contributed by atoms with Gasteiger partial charge in [-0.25, -0.2) is 0 Å². The van der Waals surface area contributed by atoms with Crippen molar-refractivity contribution in [2.45, 2.75) is 62.9 Å². The van der Waals surface area contributed by atoms with Crippen molar-refractivity contribution < 1.29 is 52.4 Å². The molecule has 1 aromatic heterocycles. The fraction of sp³-hybridized carbons (Fsp3) is 0.472. The largest absolute Gasteiger partial charge is 0.491 e. The van der Waals surface area contributed by atoms with Crippen LogP contribution in [-0.4, -0.2) is 178 Å². The number of amides is 5. The number of aromatic nitrogens is 2. The summed E-state index contributed by atoms with van der Waals surface area (Å²) in [6.45, 7) is 10.5. The molecule has 1 unspecified atom stereocenters. The SMILES string of the molecule is C=CC(=O)N1CCN(c2nc(OC[C@@H]3C[C@@H](OCCOCCOCCOCCOc4ccc5c(c4)C(=O)N(C4CCC(=O)NC4=O)C5=O)CN3C)nc3c2CCN(c2cccc4ccccc24)C3)C[C@@H]1CC#N. The topological polar surface area (TPSA) is 219 Å². The number of nitrogens with one attached hydrogen (secondary N) is 1. The van der Waals surface area contributed by atoms with Gasteiger partial charge in [0.1, 0.15) is 30.8 Å². The van der Waals surface area contributed by atoms with Crippen LogP contribution >= 0.6 is 0 Å². The van der Waals surface area contributed by atoms with Crippen LogP contribution in [0.2, 0.25) is 0 Å². The standard InChI is InChI=1S/C53H61N9O11/c1-3-48(64)61-20-19-60(31-36(61)15-17-54)49-42-16-18-59(45-10-6-8-35-7-4-5-9-40(35)45)33-44(42)55-53(57-49)73-34-37-29-39(32-58(37)2)72-28-26-70-24-22-68-21-23-69-25-27-71-38-11-12-41-43(30-38)52(67)62(51(41)66)46-13-14-47(63)56-50(46)65/h3-12,30,36-37,39,46H,1,13-16,18-29,31-34H2,2H3,(H,56,63,65)/t36-,37-,39+,46?/m0/s1. The van der Waals surface area contributed by atoms with Crippen molar-refractivity contribution in [1.29, 1.82) is 5.26 Å². The van der Waals surface area contributed by atoms with E-state index >= 15 is 0 Å². The number of fused-ring (bicyclic) bond motifs is 3. The van der Waals surface area contributed by atoms with Crippen LogP contribution < -0.4 is 24.6 Å². The molecule has 3 aromatic carbocycles. The predicted molar refractivity (Wildman–Crippen MR) is 266 cm³/mol. The average molecular weight is 1000 g/mol. The second-order valence-electron chi connectivity index (χ2n) is 18.6. The number of benzene rings is 3. The maximum Gasteiger partial charge on any atom is 0.318 e. The lowest BCUT2D eigenvalue weighted by atomic mass is 10.0. The molecule has 0 saturated carbocycles. The minimum absolute atomic E-state index is 0.00484. The molecule has 5 amide bonds. The van der Waals surface area contributed by atoms with Crippen LogP contribution in [0.15, 0.2) is 73.3 Å². The number of likely N-dealkylation sites (N-methyl/N-ethyl adjacent to an activating group) is 1. The highest BCUT2D eigenvalue weighted by molar-refractivity contribution is 6.23. The van der Waals surface area contributed by atoms with Gasteiger partial charge in [0.25, 0.3) is 11.8 Å². The van der Waals surface area contributed by atoms with Gasteiger partial charge < -0.3 is 43.1 Å². The van der Waals surface area contributed by atoms with Crippen molar-refractivity contribution in [1.82, 2.24) is 30.0 Å². The Morgan fingerprint density at radius 2 is 1.58 bits per heavy atom. The molecule has 0 bridgehead atoms. The zero-order valence-electron chi connectivity index (χ0n) is 41.1. The third kappa shape index (κ3) is 11.8. The third-order valence-electron chi connectivity index (χ3n) is 14.0. The van der Waals surface area contributed by atoms with Crippen LogP contribution in [0.25, 0.3) is 10.8 Å². The molecule has 0 spiro atoms. The summed E-state index contributed by atoms with van der Waals surface area (Å²) in [5.74, 6) is -1.25. The van der Waals surface area contributed by atoms with E-state index in [0.29, 0.717) is 84.2 Å². The fourth-order valence-corrected chi connectivity index (χ4v) is 10.2. The van der Waals surface area contributed by atoms with Gasteiger partial charge in [-0.1, -0.05) is 43.0 Å². The predicted octanol–water partition coefficient (Wildman–Crippen LogP) is 3.31. The van der Waals surface area contributed by atoms with Crippen LogP contribution in [-0.2, 0) is 46.3 Å². The minimum atomic E-state index is -1.03. The molecule has 5 aliphatic heterocycles. The van der Waals surface area contributed by atoms with Crippen molar-refractivity contribution in [3.8, 4) is 17.8 Å². The molecule has 384 valence electrons. The molecule has 4 aromatic rings. The molecule has 73 heavy (non-hydrogen) atoms. The van der Waals surface area contributed by atoms with E-state index in [1.165, 1.54) is 29.0 Å². The van der Waals surface area contributed by atoms with E-state index in [0.717, 1.165) is 53.6 Å². The normalized spacial score (nSPS) is 21.0. The number of nitriles is 1. The highest BCUT2D eigenvalue weighted by Crippen LogP contribution is 2.36. The van der Waals surface area contributed by atoms with Gasteiger partial charge in [0.2, 0.25) is 17.7 Å². The molecule has 6 heterocycles. The Labute approximate surface area is 423 Å². The lowest BCUT2D eigenvalue weighted by Gasteiger charge is -2.42. The Bertz CT molecular complexity index is 2750. The first-order chi connectivity index (χ1) is 35.6. The number of hydrogen-bond donors (Lipinski definition) is 1. The zero-order valence-corrected chi connectivity index (χ0v) is 41.1. The van der Waals surface area contributed by atoms with Crippen molar-refractivity contribution in [2.75, 3.05) is 109 Å². The number of carbonyl (C=O) groups is 5. The lowest BCUT2D eigenvalue weighted by molar-refractivity contribution is -0.136. The van der Waals surface area contributed by atoms with E-state index in [-0.39, 0.29) is 67.7 Å². The van der Waals surface area contributed by atoms with Crippen LogP contribution in [0.1, 0.15) is 57.7 Å². The maximum atomic E-state index is 13.1. The number of piperidine rings is 1. The molecule has 3 saturated heterocycles. The maximum absolute atomic E-state index is 13.1. The molecule has 4 atom stereocenters. The van der Waals surface area contributed by atoms with E-state index in [1.807, 2.05) is 0 Å². The summed E-state index contributed by atoms with van der Waals surface area (Å²) in [7, 11) is 2.06. The van der Waals surface area contributed by atoms with E-state index in [4.69, 9.17) is 38.4 Å². The highest BCUT2D eigenvalue weighted by Gasteiger charge is 2.45. The first kappa shape index (κ1) is 50.9. The summed E-state index contributed by atoms with van der Waals surface area (Å²) in [6.07, 6.45) is 3.16. The quantitative estimate of drug-likeness (QED) is 0.0679. The summed E-state index contributed by atoms with van der Waals surface area (Å²) < 4.78 is 35.4. The van der Waals surface area contributed by atoms with Gasteiger partial charge in [-0.05, 0) is 62.0 Å². The van der Waals surface area contributed by atoms with E-state index in [9.17, 15) is 29.2 Å². The Morgan fingerprint density at radius 1 is 0.822 bits per heavy atom. The summed E-state index contributed by atoms with van der Waals surface area (Å²) >= 11 is 0. The number of rotatable bonds is 22. The number of hydrogen-bond acceptors (Lipinski definition) is 17. The second-order valence-corrected chi connectivity index (χ2v) is 18.6. The minimum Gasteiger partial charge on any atom is -0.491 e. The number of nitrogens with zero attached hydrogens (tertiary/aromatic N) is 8. The van der Waals surface area contributed by atoms with Crippen molar-refractivity contribution in [3.63, 3.8) is 0 Å². The van der Waals surface area contributed by atoms with Crippen molar-refractivity contribution in [2.24, 2.45) is 0 Å². The number of anilines is 2. The van der Waals surface area contributed by atoms with Crippen molar-refractivity contribution in [3.05, 3.63) is 95.7 Å². The van der Waals surface area contributed by atoms with Gasteiger partial charge in [-0.3, -0.25) is 39.1 Å². The fourth-order valence-electron chi connectivity index (χ4n) is 10.2. The Morgan fingerprint density at radius 3 is 2.36 bits per heavy atom. The number of imide groups is 2. The Hall–Kier alpha value is -7.02. The van der Waals surface area contributed by atoms with Crippen LogP contribution in [0.5, 0.6) is 11.8 Å². The number of carbonyl (C=O) groups excluding carboxylic acids is 5. The van der Waals surface area contributed by atoms with E-state index in [2.05, 4.69) is 82.2 Å². The smallest absolute Gasteiger partial charge is 0.318 e. The molecule has 1 N–H and O–H groups in total. The van der Waals surface area contributed by atoms with Crippen molar-refractivity contribution >= 4 is 51.8 Å². The van der Waals surface area contributed by atoms with Gasteiger partial charge in [-0.2, -0.15) is 15.2 Å². The summed E-state index contributed by atoms with van der Waals surface area (Å²) in [6, 6.07) is 20.7. The van der Waals surface area contributed by atoms with Crippen LogP contribution in [0, 0.1) is 11.3 Å². The zero-order chi connectivity index (χ0) is 50.8. The summed E-state index contributed by atoms with van der Waals surface area (Å²) in [4.78, 5) is 82.1. The molecule has 3 fully saturated rings. The van der Waals surface area contributed by atoms with E-state index < -0.39 is 29.7 Å². The van der Waals surface area contributed by atoms with Gasteiger partial charge >= 0.3 is 6.01 Å². The average Bonchev–Trinajstić information content (AvgIpc) is 3.88. The number of piperazine rings is 1. The lowest BCUT2D eigenvalue weighted by Crippen LogP contribution is -2.55. The molecule has 20 heteroatoms. The summed E-state index contributed by atoms with van der Waals surface area (Å²) in [5.41, 5.74) is 3.45. The van der Waals surface area contributed by atoms with Gasteiger partial charge in [-0.15, -0.1) is 0 Å². The Balaban J connectivity index is 0.684. The molecule has 20 nitrogen and oxygen atoms in total. The second kappa shape index (κ2) is 23.7. The molecule has 0 radical (unpaired) electrons. The third-order valence-corrected chi connectivity index (χ3v) is 14.0. The van der Waals surface area contributed by atoms with E-state index in [1.54, 1.807) is 11.0 Å². The van der Waals surface area contributed by atoms with Gasteiger partial charge in [0.15, 0.2) is 0 Å². The van der Waals surface area contributed by atoms with Gasteiger partial charge in [0.05, 0.1) is 94.2 Å². The Kier molecular flexibility index (Phi) is 16.5. The molecular weight excluding hydrogens is 939 g/mol. The van der Waals surface area contributed by atoms with Crippen LogP contribution in [0.3, 0.4) is 0 Å². The first-order valence-electron chi connectivity index (χ1n) is 24.9. The highest BCUT2D eigenvalue weighted by atomic mass is 16.6. The molecule has 9 rings (SSSR count). The van der Waals surface area contributed by atoms with Crippen LogP contribution in [0.4, 0.5) is 11.5 Å². The molecule has 0 aliphatic carbocycles. The molecule has 5 aliphatic rings. The first-order valence-corrected chi connectivity index (χ1v) is 24.9. The molecular formula is C53H61N9O11. The van der Waals surface area contributed by atoms with Gasteiger partial charge in [0, 0.05) is 61.8 Å².